The minimum absolute atomic E-state index is 0.00548. The molecule has 6 heteroatoms. The van der Waals surface area contributed by atoms with Gasteiger partial charge in [0.15, 0.2) is 0 Å². The van der Waals surface area contributed by atoms with Crippen LogP contribution in [0, 0.1) is 0 Å². The summed E-state index contributed by atoms with van der Waals surface area (Å²) < 4.78 is 10.8. The molecule has 0 fully saturated rings. The molecule has 24 heavy (non-hydrogen) atoms. The topological polar surface area (TPSA) is 82.6 Å². The summed E-state index contributed by atoms with van der Waals surface area (Å²) in [5.41, 5.74) is 10.1. The molecule has 2 heterocycles. The molecule has 0 amide bonds. The first kappa shape index (κ1) is 14.9. The number of methoxy groups -OCH3 is 1. The monoisotopic (exact) mass is 324 g/mol. The highest BCUT2D eigenvalue weighted by Crippen LogP contribution is 2.41. The van der Waals surface area contributed by atoms with E-state index in [-0.39, 0.29) is 11.6 Å². The second-order valence-electron chi connectivity index (χ2n) is 6.38. The molecular formula is C18H20N4O2. The number of amidine groups is 1. The minimum atomic E-state index is -0.240. The van der Waals surface area contributed by atoms with Crippen LogP contribution in [0.5, 0.6) is 5.88 Å². The predicted molar refractivity (Wildman–Crippen MR) is 90.9 cm³/mol. The van der Waals surface area contributed by atoms with E-state index in [4.69, 9.17) is 15.2 Å². The fraction of sp³-hybridized carbons (Fsp3) is 0.389. The Balaban J connectivity index is 1.75. The number of benzene rings is 1. The summed E-state index contributed by atoms with van der Waals surface area (Å²) in [6.45, 7) is 2.05. The van der Waals surface area contributed by atoms with Gasteiger partial charge in [0.05, 0.1) is 25.2 Å². The summed E-state index contributed by atoms with van der Waals surface area (Å²) in [7, 11) is 1.60. The van der Waals surface area contributed by atoms with Crippen LogP contribution in [0.1, 0.15) is 24.5 Å². The van der Waals surface area contributed by atoms with E-state index in [0.29, 0.717) is 11.9 Å². The third-order valence-electron chi connectivity index (χ3n) is 5.06. The van der Waals surface area contributed by atoms with Gasteiger partial charge in [-0.25, -0.2) is 9.98 Å². The maximum absolute atomic E-state index is 5.80. The van der Waals surface area contributed by atoms with Gasteiger partial charge in [0.1, 0.15) is 11.6 Å². The maximum atomic E-state index is 5.80. The number of fused-ring (bicyclic) bond motifs is 1. The highest BCUT2D eigenvalue weighted by Gasteiger charge is 2.45. The first-order chi connectivity index (χ1) is 11.6. The highest BCUT2D eigenvalue weighted by molar-refractivity contribution is 5.75. The van der Waals surface area contributed by atoms with Crippen molar-refractivity contribution in [2.75, 3.05) is 7.11 Å². The smallest absolute Gasteiger partial charge is 0.282 e. The van der Waals surface area contributed by atoms with E-state index in [1.165, 1.54) is 11.1 Å². The molecule has 1 aliphatic carbocycles. The SMILES string of the molecule is COc1cncc(-c2cccc3c2CCC2(C3)N=C(N)OC2C)n1. The van der Waals surface area contributed by atoms with E-state index in [0.717, 1.165) is 30.5 Å². The summed E-state index contributed by atoms with van der Waals surface area (Å²) in [4.78, 5) is 13.4. The van der Waals surface area contributed by atoms with E-state index in [1.54, 1.807) is 19.5 Å². The molecule has 0 saturated heterocycles. The molecule has 0 bridgehead atoms. The summed E-state index contributed by atoms with van der Waals surface area (Å²) in [5, 5.41) is 0. The lowest BCUT2D eigenvalue weighted by Crippen LogP contribution is -2.41. The lowest BCUT2D eigenvalue weighted by Gasteiger charge is -2.35. The predicted octanol–water partition coefficient (Wildman–Crippen LogP) is 2.11. The maximum Gasteiger partial charge on any atom is 0.282 e. The first-order valence-electron chi connectivity index (χ1n) is 8.10. The molecular weight excluding hydrogens is 304 g/mol. The van der Waals surface area contributed by atoms with Crippen LogP contribution in [0.15, 0.2) is 35.6 Å². The number of nitrogens with two attached hydrogens (primary N) is 1. The Morgan fingerprint density at radius 1 is 1.33 bits per heavy atom. The third kappa shape index (κ3) is 2.29. The van der Waals surface area contributed by atoms with Gasteiger partial charge in [0.25, 0.3) is 6.02 Å². The molecule has 2 N–H and O–H groups in total. The van der Waals surface area contributed by atoms with Crippen molar-refractivity contribution in [3.05, 3.63) is 41.7 Å². The summed E-state index contributed by atoms with van der Waals surface area (Å²) in [5.74, 6) is 0.521. The van der Waals surface area contributed by atoms with E-state index < -0.39 is 0 Å². The number of aliphatic imine (C=N–C) groups is 1. The van der Waals surface area contributed by atoms with Gasteiger partial charge in [-0.2, -0.15) is 0 Å². The molecule has 2 atom stereocenters. The number of hydrogen-bond donors (Lipinski definition) is 1. The molecule has 6 nitrogen and oxygen atoms in total. The normalized spacial score (nSPS) is 25.1. The van der Waals surface area contributed by atoms with E-state index in [9.17, 15) is 0 Å². The number of ether oxygens (including phenoxy) is 2. The Labute approximate surface area is 140 Å². The average molecular weight is 324 g/mol. The van der Waals surface area contributed by atoms with E-state index in [2.05, 4.69) is 33.2 Å². The zero-order chi connectivity index (χ0) is 16.7. The van der Waals surface area contributed by atoms with Crippen LogP contribution in [0.2, 0.25) is 0 Å². The Morgan fingerprint density at radius 3 is 2.96 bits per heavy atom. The molecule has 0 saturated carbocycles. The molecule has 1 aliphatic heterocycles. The third-order valence-corrected chi connectivity index (χ3v) is 5.06. The van der Waals surface area contributed by atoms with Crippen molar-refractivity contribution in [1.82, 2.24) is 9.97 Å². The van der Waals surface area contributed by atoms with Gasteiger partial charge in [-0.05, 0) is 30.9 Å². The van der Waals surface area contributed by atoms with Crippen LogP contribution in [0.25, 0.3) is 11.3 Å². The van der Waals surface area contributed by atoms with Crippen molar-refractivity contribution in [2.24, 2.45) is 10.7 Å². The molecule has 4 rings (SSSR count). The minimum Gasteiger partial charge on any atom is -0.480 e. The largest absolute Gasteiger partial charge is 0.480 e. The van der Waals surface area contributed by atoms with Crippen LogP contribution in [-0.2, 0) is 17.6 Å². The standard InChI is InChI=1S/C18H20N4O2/c1-11-18(22-17(19)24-11)7-6-13-12(8-18)4-3-5-14(13)15-9-20-10-16(21-15)23-2/h3-5,9-11H,6-8H2,1-2H3,(H2,19,22). The molecule has 124 valence electrons. The van der Waals surface area contributed by atoms with E-state index in [1.807, 2.05) is 6.92 Å². The van der Waals surface area contributed by atoms with Crippen molar-refractivity contribution in [2.45, 2.75) is 37.8 Å². The Morgan fingerprint density at radius 2 is 2.21 bits per heavy atom. The summed E-state index contributed by atoms with van der Waals surface area (Å²) in [6.07, 6.45) is 6.05. The van der Waals surface area contributed by atoms with Crippen LogP contribution in [0.3, 0.4) is 0 Å². The van der Waals surface area contributed by atoms with Gasteiger partial charge < -0.3 is 15.2 Å². The van der Waals surface area contributed by atoms with Gasteiger partial charge in [-0.15, -0.1) is 0 Å². The van der Waals surface area contributed by atoms with Crippen LogP contribution in [-0.4, -0.2) is 34.7 Å². The number of hydrogen-bond acceptors (Lipinski definition) is 6. The highest BCUT2D eigenvalue weighted by atomic mass is 16.5. The van der Waals surface area contributed by atoms with E-state index >= 15 is 0 Å². The number of nitrogens with zero attached hydrogens (tertiary/aromatic N) is 3. The second-order valence-corrected chi connectivity index (χ2v) is 6.38. The number of rotatable bonds is 2. The van der Waals surface area contributed by atoms with Gasteiger partial charge in [0.2, 0.25) is 5.88 Å². The molecule has 1 aromatic heterocycles. The van der Waals surface area contributed by atoms with Crippen LogP contribution >= 0.6 is 0 Å². The lowest BCUT2D eigenvalue weighted by molar-refractivity contribution is 0.140. The Bertz CT molecular complexity index is 820. The molecule has 2 aliphatic rings. The second kappa shape index (κ2) is 5.47. The van der Waals surface area contributed by atoms with Gasteiger partial charge >= 0.3 is 0 Å². The van der Waals surface area contributed by atoms with Gasteiger partial charge in [-0.3, -0.25) is 4.98 Å². The molecule has 2 unspecified atom stereocenters. The summed E-state index contributed by atoms with van der Waals surface area (Å²) in [6, 6.07) is 6.61. The van der Waals surface area contributed by atoms with Gasteiger partial charge in [0, 0.05) is 12.0 Å². The molecule has 0 radical (unpaired) electrons. The summed E-state index contributed by atoms with van der Waals surface area (Å²) >= 11 is 0. The Hall–Kier alpha value is -2.63. The van der Waals surface area contributed by atoms with Crippen molar-refractivity contribution in [3.63, 3.8) is 0 Å². The fourth-order valence-electron chi connectivity index (χ4n) is 3.74. The van der Waals surface area contributed by atoms with Crippen molar-refractivity contribution in [1.29, 1.82) is 0 Å². The lowest BCUT2D eigenvalue weighted by atomic mass is 9.74. The quantitative estimate of drug-likeness (QED) is 0.915. The average Bonchev–Trinajstić information content (AvgIpc) is 2.87. The van der Waals surface area contributed by atoms with Crippen LogP contribution < -0.4 is 10.5 Å². The molecule has 1 aromatic carbocycles. The van der Waals surface area contributed by atoms with Crippen molar-refractivity contribution >= 4 is 6.02 Å². The van der Waals surface area contributed by atoms with Crippen molar-refractivity contribution < 1.29 is 9.47 Å². The first-order valence-corrected chi connectivity index (χ1v) is 8.10. The van der Waals surface area contributed by atoms with Crippen LogP contribution in [0.4, 0.5) is 0 Å². The Kier molecular flexibility index (Phi) is 3.40. The van der Waals surface area contributed by atoms with Gasteiger partial charge in [-0.1, -0.05) is 18.2 Å². The molecule has 1 spiro atoms. The molecule has 2 aromatic rings. The zero-order valence-electron chi connectivity index (χ0n) is 13.8. The fourth-order valence-corrected chi connectivity index (χ4v) is 3.74. The van der Waals surface area contributed by atoms with Crippen molar-refractivity contribution in [3.8, 4) is 17.1 Å². The number of aromatic nitrogens is 2. The zero-order valence-corrected chi connectivity index (χ0v) is 13.8.